The molecule has 0 aliphatic heterocycles. The fourth-order valence-electron chi connectivity index (χ4n) is 1.29. The molecule has 100 valence electrons. The first-order valence-corrected chi connectivity index (χ1v) is 6.73. The SMILES string of the molecule is CNCCCNS(=O)(=O)c1cccc(C#N)c1.Cl. The summed E-state index contributed by atoms with van der Waals surface area (Å²) in [5.41, 5.74) is 0.336. The Morgan fingerprint density at radius 2 is 2.06 bits per heavy atom. The second-order valence-corrected chi connectivity index (χ2v) is 5.26. The van der Waals surface area contributed by atoms with Crippen molar-refractivity contribution in [1.82, 2.24) is 10.0 Å². The lowest BCUT2D eigenvalue weighted by atomic mass is 10.2. The van der Waals surface area contributed by atoms with Gasteiger partial charge in [-0.2, -0.15) is 5.26 Å². The highest BCUT2D eigenvalue weighted by molar-refractivity contribution is 7.89. The average Bonchev–Trinajstić information content (AvgIpc) is 2.35. The van der Waals surface area contributed by atoms with Crippen LogP contribution < -0.4 is 10.0 Å². The van der Waals surface area contributed by atoms with Crippen LogP contribution in [0.1, 0.15) is 12.0 Å². The van der Waals surface area contributed by atoms with Crippen molar-refractivity contribution in [2.75, 3.05) is 20.1 Å². The molecular weight excluding hydrogens is 274 g/mol. The van der Waals surface area contributed by atoms with Gasteiger partial charge >= 0.3 is 0 Å². The number of sulfonamides is 1. The second-order valence-electron chi connectivity index (χ2n) is 3.49. The number of benzene rings is 1. The molecule has 0 saturated heterocycles. The Morgan fingerprint density at radius 3 is 2.67 bits per heavy atom. The number of hydrogen-bond donors (Lipinski definition) is 2. The lowest BCUT2D eigenvalue weighted by Crippen LogP contribution is -2.26. The summed E-state index contributed by atoms with van der Waals surface area (Å²) in [5, 5.41) is 11.6. The fraction of sp³-hybridized carbons (Fsp3) is 0.364. The fourth-order valence-corrected chi connectivity index (χ4v) is 2.41. The van der Waals surface area contributed by atoms with Gasteiger partial charge in [0.2, 0.25) is 10.0 Å². The predicted molar refractivity (Wildman–Crippen MR) is 72.1 cm³/mol. The Labute approximate surface area is 114 Å². The molecule has 0 fully saturated rings. The van der Waals surface area contributed by atoms with Gasteiger partial charge in [-0.15, -0.1) is 12.4 Å². The third-order valence-corrected chi connectivity index (χ3v) is 3.63. The van der Waals surface area contributed by atoms with Gasteiger partial charge in [0.05, 0.1) is 16.5 Å². The molecule has 0 atom stereocenters. The van der Waals surface area contributed by atoms with E-state index in [0.29, 0.717) is 18.5 Å². The normalized spacial score (nSPS) is 10.4. The van der Waals surface area contributed by atoms with Crippen LogP contribution in [0.4, 0.5) is 0 Å². The van der Waals surface area contributed by atoms with Crippen LogP contribution in [0.25, 0.3) is 0 Å². The largest absolute Gasteiger partial charge is 0.320 e. The lowest BCUT2D eigenvalue weighted by molar-refractivity contribution is 0.577. The quantitative estimate of drug-likeness (QED) is 0.761. The van der Waals surface area contributed by atoms with Gasteiger partial charge in [0, 0.05) is 6.54 Å². The van der Waals surface area contributed by atoms with E-state index in [1.165, 1.54) is 12.1 Å². The van der Waals surface area contributed by atoms with Gasteiger partial charge in [0.1, 0.15) is 0 Å². The molecule has 0 unspecified atom stereocenters. The first kappa shape index (κ1) is 16.9. The van der Waals surface area contributed by atoms with Gasteiger partial charge in [0.25, 0.3) is 0 Å². The van der Waals surface area contributed by atoms with Gasteiger partial charge in [-0.25, -0.2) is 13.1 Å². The molecule has 0 aromatic heterocycles. The predicted octanol–water partition coefficient (Wildman–Crippen LogP) is 0.868. The van der Waals surface area contributed by atoms with Crippen LogP contribution in [-0.2, 0) is 10.0 Å². The summed E-state index contributed by atoms with van der Waals surface area (Å²) in [7, 11) is -1.69. The molecule has 7 heteroatoms. The molecule has 1 rings (SSSR count). The number of halogens is 1. The van der Waals surface area contributed by atoms with Gasteiger partial charge in [-0.1, -0.05) is 6.07 Å². The highest BCUT2D eigenvalue weighted by atomic mass is 35.5. The standard InChI is InChI=1S/C11H15N3O2S.ClH/c1-13-6-3-7-14-17(15,16)11-5-2-4-10(8-11)9-12;/h2,4-5,8,13-14H,3,6-7H2,1H3;1H. The third-order valence-electron chi connectivity index (χ3n) is 2.17. The molecule has 0 bridgehead atoms. The van der Waals surface area contributed by atoms with Crippen LogP contribution in [0.5, 0.6) is 0 Å². The Bertz CT molecular complexity index is 511. The molecular formula is C11H16ClN3O2S. The average molecular weight is 290 g/mol. The minimum absolute atomic E-state index is 0. The van der Waals surface area contributed by atoms with Crippen LogP contribution in [0, 0.1) is 11.3 Å². The van der Waals surface area contributed by atoms with Crippen LogP contribution in [0.3, 0.4) is 0 Å². The minimum Gasteiger partial charge on any atom is -0.320 e. The van der Waals surface area contributed by atoms with E-state index in [1.807, 2.05) is 13.1 Å². The van der Waals surface area contributed by atoms with E-state index in [-0.39, 0.29) is 17.3 Å². The van der Waals surface area contributed by atoms with Crippen LogP contribution in [0.2, 0.25) is 0 Å². The summed E-state index contributed by atoms with van der Waals surface area (Å²) in [6, 6.07) is 7.87. The van der Waals surface area contributed by atoms with Crippen molar-refractivity contribution < 1.29 is 8.42 Å². The smallest absolute Gasteiger partial charge is 0.240 e. The summed E-state index contributed by atoms with van der Waals surface area (Å²) in [5.74, 6) is 0. The van der Waals surface area contributed by atoms with Gasteiger partial charge in [-0.3, -0.25) is 0 Å². The van der Waals surface area contributed by atoms with Gasteiger partial charge in [-0.05, 0) is 38.2 Å². The van der Waals surface area contributed by atoms with Crippen molar-refractivity contribution in [2.24, 2.45) is 0 Å². The maximum atomic E-state index is 11.8. The molecule has 2 N–H and O–H groups in total. The highest BCUT2D eigenvalue weighted by Crippen LogP contribution is 2.10. The lowest BCUT2D eigenvalue weighted by Gasteiger charge is -2.06. The maximum Gasteiger partial charge on any atom is 0.240 e. The van der Waals surface area contributed by atoms with Crippen molar-refractivity contribution >= 4 is 22.4 Å². The zero-order valence-corrected chi connectivity index (χ0v) is 11.6. The van der Waals surface area contributed by atoms with Crippen LogP contribution in [-0.4, -0.2) is 28.6 Å². The van der Waals surface area contributed by atoms with E-state index in [1.54, 1.807) is 12.1 Å². The first-order valence-electron chi connectivity index (χ1n) is 5.24. The maximum absolute atomic E-state index is 11.8. The number of nitrogens with one attached hydrogen (secondary N) is 2. The number of nitrogens with zero attached hydrogens (tertiary/aromatic N) is 1. The van der Waals surface area contributed by atoms with E-state index >= 15 is 0 Å². The molecule has 0 amide bonds. The molecule has 18 heavy (non-hydrogen) atoms. The van der Waals surface area contributed by atoms with E-state index in [2.05, 4.69) is 10.0 Å². The number of nitriles is 1. The van der Waals surface area contributed by atoms with Crippen molar-refractivity contribution in [1.29, 1.82) is 5.26 Å². The molecule has 0 aliphatic carbocycles. The number of rotatable bonds is 6. The molecule has 1 aromatic rings. The van der Waals surface area contributed by atoms with E-state index < -0.39 is 10.0 Å². The zero-order valence-electron chi connectivity index (χ0n) is 10.0. The third kappa shape index (κ3) is 5.02. The van der Waals surface area contributed by atoms with E-state index in [4.69, 9.17) is 5.26 Å². The molecule has 0 saturated carbocycles. The summed E-state index contributed by atoms with van der Waals surface area (Å²) >= 11 is 0. The van der Waals surface area contributed by atoms with Gasteiger partial charge < -0.3 is 5.32 Å². The molecule has 0 radical (unpaired) electrons. The summed E-state index contributed by atoms with van der Waals surface area (Å²) in [6.07, 6.45) is 0.716. The Balaban J connectivity index is 0.00000289. The molecule has 1 aromatic carbocycles. The molecule has 0 aliphatic rings. The van der Waals surface area contributed by atoms with Crippen LogP contribution >= 0.6 is 12.4 Å². The summed E-state index contributed by atoms with van der Waals surface area (Å²) in [4.78, 5) is 0.126. The number of hydrogen-bond acceptors (Lipinski definition) is 4. The summed E-state index contributed by atoms with van der Waals surface area (Å²) < 4.78 is 26.1. The highest BCUT2D eigenvalue weighted by Gasteiger charge is 2.13. The Kier molecular flexibility index (Phi) is 7.55. The molecule has 5 nitrogen and oxygen atoms in total. The van der Waals surface area contributed by atoms with Crippen molar-refractivity contribution in [3.63, 3.8) is 0 Å². The van der Waals surface area contributed by atoms with E-state index in [0.717, 1.165) is 6.54 Å². The topological polar surface area (TPSA) is 82.0 Å². The van der Waals surface area contributed by atoms with Crippen molar-refractivity contribution in [3.8, 4) is 6.07 Å². The zero-order chi connectivity index (χ0) is 12.7. The Morgan fingerprint density at radius 1 is 1.33 bits per heavy atom. The van der Waals surface area contributed by atoms with E-state index in [9.17, 15) is 8.42 Å². The molecule has 0 spiro atoms. The van der Waals surface area contributed by atoms with Crippen molar-refractivity contribution in [3.05, 3.63) is 29.8 Å². The van der Waals surface area contributed by atoms with Crippen molar-refractivity contribution in [2.45, 2.75) is 11.3 Å². The Hall–Kier alpha value is -1.13. The van der Waals surface area contributed by atoms with Gasteiger partial charge in [0.15, 0.2) is 0 Å². The molecule has 0 heterocycles. The second kappa shape index (κ2) is 8.06. The first-order chi connectivity index (χ1) is 8.10. The minimum atomic E-state index is -3.50. The van der Waals surface area contributed by atoms with Crippen LogP contribution in [0.15, 0.2) is 29.2 Å². The monoisotopic (exact) mass is 289 g/mol. The summed E-state index contributed by atoms with van der Waals surface area (Å²) in [6.45, 7) is 1.13.